The quantitative estimate of drug-likeness (QED) is 0.441. The van der Waals surface area contributed by atoms with Crippen LogP contribution < -0.4 is 16.4 Å². The van der Waals surface area contributed by atoms with E-state index in [0.717, 1.165) is 35.3 Å². The summed E-state index contributed by atoms with van der Waals surface area (Å²) in [4.78, 5) is 20.1. The van der Waals surface area contributed by atoms with Crippen molar-refractivity contribution in [1.29, 1.82) is 0 Å². The summed E-state index contributed by atoms with van der Waals surface area (Å²) >= 11 is 0. The zero-order valence-electron chi connectivity index (χ0n) is 18.4. The van der Waals surface area contributed by atoms with Gasteiger partial charge in [0.15, 0.2) is 0 Å². The first-order valence-electron chi connectivity index (χ1n) is 10.5. The molecule has 3 aromatic rings. The molecule has 4 N–H and O–H groups in total. The van der Waals surface area contributed by atoms with Gasteiger partial charge in [0.1, 0.15) is 5.82 Å². The van der Waals surface area contributed by atoms with Crippen LogP contribution in [-0.2, 0) is 16.6 Å². The van der Waals surface area contributed by atoms with E-state index >= 15 is 0 Å². The molecule has 9 nitrogen and oxygen atoms in total. The summed E-state index contributed by atoms with van der Waals surface area (Å²) in [5.74, 6) is 0.558. The fourth-order valence-electron chi connectivity index (χ4n) is 3.27. The normalized spacial score (nSPS) is 13.7. The Balaban J connectivity index is 1.42. The van der Waals surface area contributed by atoms with E-state index < -0.39 is 15.9 Å². The number of anilines is 4. The van der Waals surface area contributed by atoms with E-state index in [1.165, 1.54) is 4.31 Å². The van der Waals surface area contributed by atoms with Gasteiger partial charge in [-0.3, -0.25) is 4.79 Å². The lowest BCUT2D eigenvalue weighted by Gasteiger charge is -2.17. The highest BCUT2D eigenvalue weighted by Crippen LogP contribution is 2.31. The number of rotatable bonds is 9. The molecule has 0 atom stereocenters. The molecule has 1 aromatic heterocycles. The van der Waals surface area contributed by atoms with Gasteiger partial charge in [-0.15, -0.1) is 0 Å². The Morgan fingerprint density at radius 2 is 1.67 bits per heavy atom. The van der Waals surface area contributed by atoms with Crippen LogP contribution in [0.3, 0.4) is 0 Å². The Kier molecular flexibility index (Phi) is 6.30. The van der Waals surface area contributed by atoms with E-state index in [0.29, 0.717) is 23.9 Å². The molecule has 1 heterocycles. The summed E-state index contributed by atoms with van der Waals surface area (Å²) in [5, 5.41) is 6.17. The summed E-state index contributed by atoms with van der Waals surface area (Å²) in [7, 11) is -1.57. The Hall–Kier alpha value is -3.50. The number of amides is 1. The average Bonchev–Trinajstić information content (AvgIpc) is 3.64. The minimum Gasteiger partial charge on any atom is -0.366 e. The molecule has 1 saturated carbocycles. The van der Waals surface area contributed by atoms with E-state index in [1.807, 2.05) is 31.2 Å². The number of hydrogen-bond acceptors (Lipinski definition) is 7. The van der Waals surface area contributed by atoms with Gasteiger partial charge in [0.2, 0.25) is 21.9 Å². The number of primary amides is 1. The van der Waals surface area contributed by atoms with Gasteiger partial charge in [-0.05, 0) is 61.7 Å². The molecule has 0 aliphatic heterocycles. The molecular formula is C23H26N6O3S. The molecule has 0 saturated heterocycles. The highest BCUT2D eigenvalue weighted by atomic mass is 32.2. The number of nitrogens with two attached hydrogens (primary N) is 1. The number of aromatic nitrogens is 2. The lowest BCUT2D eigenvalue weighted by molar-refractivity contribution is 0.100. The van der Waals surface area contributed by atoms with Crippen molar-refractivity contribution in [3.8, 4) is 0 Å². The number of hydrogen-bond donors (Lipinski definition) is 3. The summed E-state index contributed by atoms with van der Waals surface area (Å²) < 4.78 is 26.1. The van der Waals surface area contributed by atoms with Crippen molar-refractivity contribution in [2.24, 2.45) is 5.73 Å². The van der Waals surface area contributed by atoms with E-state index in [4.69, 9.17) is 5.73 Å². The molecule has 33 heavy (non-hydrogen) atoms. The third-order valence-electron chi connectivity index (χ3n) is 5.40. The van der Waals surface area contributed by atoms with Crippen molar-refractivity contribution >= 4 is 39.1 Å². The second-order valence-electron chi connectivity index (χ2n) is 8.11. The number of aryl methyl sites for hydroxylation is 1. The third kappa shape index (κ3) is 5.47. The zero-order valence-corrected chi connectivity index (χ0v) is 19.3. The molecule has 0 unspecified atom stereocenters. The van der Waals surface area contributed by atoms with E-state index in [-0.39, 0.29) is 5.25 Å². The Labute approximate surface area is 193 Å². The van der Waals surface area contributed by atoms with Crippen LogP contribution in [0.15, 0.2) is 54.7 Å². The summed E-state index contributed by atoms with van der Waals surface area (Å²) in [6.07, 6.45) is 3.22. The van der Waals surface area contributed by atoms with Crippen molar-refractivity contribution in [1.82, 2.24) is 14.3 Å². The predicted molar refractivity (Wildman–Crippen MR) is 128 cm³/mol. The predicted octanol–water partition coefficient (Wildman–Crippen LogP) is 3.30. The molecule has 4 rings (SSSR count). The molecule has 10 heteroatoms. The fourth-order valence-corrected chi connectivity index (χ4v) is 4.84. The van der Waals surface area contributed by atoms with Crippen LogP contribution in [0.4, 0.5) is 23.1 Å². The van der Waals surface area contributed by atoms with Gasteiger partial charge in [0.25, 0.3) is 0 Å². The van der Waals surface area contributed by atoms with Crippen molar-refractivity contribution in [2.45, 2.75) is 31.6 Å². The summed E-state index contributed by atoms with van der Waals surface area (Å²) in [6, 6.07) is 14.3. The van der Waals surface area contributed by atoms with Gasteiger partial charge < -0.3 is 16.4 Å². The summed E-state index contributed by atoms with van der Waals surface area (Å²) in [5.41, 5.74) is 9.02. The second kappa shape index (κ2) is 9.16. The fraction of sp³-hybridized carbons (Fsp3) is 0.261. The van der Waals surface area contributed by atoms with Crippen LogP contribution in [0.5, 0.6) is 0 Å². The van der Waals surface area contributed by atoms with Crippen LogP contribution >= 0.6 is 0 Å². The number of sulfonamides is 1. The zero-order chi connectivity index (χ0) is 23.6. The second-order valence-corrected chi connectivity index (χ2v) is 10.4. The molecule has 1 aliphatic carbocycles. The lowest BCUT2D eigenvalue weighted by atomic mass is 10.2. The van der Waals surface area contributed by atoms with E-state index in [2.05, 4.69) is 20.6 Å². The molecule has 172 valence electrons. The molecule has 0 radical (unpaired) electrons. The minimum atomic E-state index is -3.19. The smallest absolute Gasteiger partial charge is 0.248 e. The maximum atomic E-state index is 12.3. The SMILES string of the molecule is Cc1cnc(Nc2ccc(C(N)=O)cc2)nc1Nc1ccc(CN(C)S(=O)(=O)C2CC2)cc1. The molecule has 0 bridgehead atoms. The average molecular weight is 467 g/mol. The molecule has 0 spiro atoms. The standard InChI is InChI=1S/C23H26N6O3S/c1-15-13-25-23(27-19-9-5-17(6-10-19)21(24)30)28-22(15)26-18-7-3-16(4-8-18)14-29(2)33(31,32)20-11-12-20/h3-10,13,20H,11-12,14H2,1-2H3,(H2,24,30)(H2,25,26,27,28). The molecule has 1 amide bonds. The molecule has 2 aromatic carbocycles. The monoisotopic (exact) mass is 466 g/mol. The van der Waals surface area contributed by atoms with Crippen LogP contribution in [0.1, 0.15) is 34.3 Å². The van der Waals surface area contributed by atoms with Crippen molar-refractivity contribution < 1.29 is 13.2 Å². The molecule has 1 fully saturated rings. The Bertz CT molecular complexity index is 1260. The molecular weight excluding hydrogens is 440 g/mol. The van der Waals surface area contributed by atoms with Crippen LogP contribution in [-0.4, -0.2) is 40.9 Å². The van der Waals surface area contributed by atoms with E-state index in [9.17, 15) is 13.2 Å². The third-order valence-corrected chi connectivity index (χ3v) is 7.71. The van der Waals surface area contributed by atoms with Crippen LogP contribution in [0.25, 0.3) is 0 Å². The van der Waals surface area contributed by atoms with Crippen molar-refractivity contribution in [3.05, 3.63) is 71.4 Å². The van der Waals surface area contributed by atoms with Gasteiger partial charge in [0.05, 0.1) is 5.25 Å². The number of nitrogens with one attached hydrogen (secondary N) is 2. The maximum absolute atomic E-state index is 12.3. The van der Waals surface area contributed by atoms with Gasteiger partial charge in [-0.2, -0.15) is 4.98 Å². The van der Waals surface area contributed by atoms with E-state index in [1.54, 1.807) is 37.5 Å². The highest BCUT2D eigenvalue weighted by Gasteiger charge is 2.38. The van der Waals surface area contributed by atoms with Crippen LogP contribution in [0, 0.1) is 6.92 Å². The lowest BCUT2D eigenvalue weighted by Crippen LogP contribution is -2.29. The maximum Gasteiger partial charge on any atom is 0.248 e. The number of carbonyl (C=O) groups is 1. The van der Waals surface area contributed by atoms with Gasteiger partial charge in [-0.25, -0.2) is 17.7 Å². The highest BCUT2D eigenvalue weighted by molar-refractivity contribution is 7.90. The first-order valence-corrected chi connectivity index (χ1v) is 12.0. The first-order chi connectivity index (χ1) is 15.7. The largest absolute Gasteiger partial charge is 0.366 e. The van der Waals surface area contributed by atoms with Crippen molar-refractivity contribution in [3.63, 3.8) is 0 Å². The minimum absolute atomic E-state index is 0.215. The Morgan fingerprint density at radius 3 is 2.27 bits per heavy atom. The number of carbonyl (C=O) groups excluding carboxylic acids is 1. The van der Waals surface area contributed by atoms with Gasteiger partial charge >= 0.3 is 0 Å². The van der Waals surface area contributed by atoms with Crippen molar-refractivity contribution in [2.75, 3.05) is 17.7 Å². The first kappa shape index (κ1) is 22.7. The number of benzene rings is 2. The van der Waals surface area contributed by atoms with Gasteiger partial charge in [0, 0.05) is 42.3 Å². The molecule has 1 aliphatic rings. The Morgan fingerprint density at radius 1 is 1.06 bits per heavy atom. The van der Waals surface area contributed by atoms with Crippen LogP contribution in [0.2, 0.25) is 0 Å². The summed E-state index contributed by atoms with van der Waals surface area (Å²) in [6.45, 7) is 2.24. The number of nitrogens with zero attached hydrogens (tertiary/aromatic N) is 3. The topological polar surface area (TPSA) is 130 Å². The van der Waals surface area contributed by atoms with Gasteiger partial charge in [-0.1, -0.05) is 12.1 Å².